The molecule has 186 valence electrons. The van der Waals surface area contributed by atoms with Crippen LogP contribution in [0.1, 0.15) is 35.1 Å². The third kappa shape index (κ3) is 6.04. The molecular formula is C27H25F3N4O2. The Morgan fingerprint density at radius 3 is 2.53 bits per heavy atom. The molecule has 3 aromatic rings. The van der Waals surface area contributed by atoms with Crippen LogP contribution in [0.5, 0.6) is 0 Å². The zero-order chi connectivity index (χ0) is 26.5. The van der Waals surface area contributed by atoms with Gasteiger partial charge in [0.1, 0.15) is 11.3 Å². The fraction of sp³-hybridized carbons (Fsp3) is 0.185. The van der Waals surface area contributed by atoms with E-state index in [1.54, 1.807) is 42.0 Å². The first-order chi connectivity index (χ1) is 17.0. The van der Waals surface area contributed by atoms with Gasteiger partial charge >= 0.3 is 6.18 Å². The van der Waals surface area contributed by atoms with Gasteiger partial charge in [-0.2, -0.15) is 13.2 Å². The van der Waals surface area contributed by atoms with E-state index in [1.165, 1.54) is 18.5 Å². The Balaban J connectivity index is 2.10. The van der Waals surface area contributed by atoms with Crippen LogP contribution in [-0.2, 0) is 6.18 Å². The minimum Gasteiger partial charge on any atom is -0.348 e. The van der Waals surface area contributed by atoms with E-state index in [2.05, 4.69) is 28.4 Å². The smallest absolute Gasteiger partial charge is 0.348 e. The quantitative estimate of drug-likeness (QED) is 0.424. The fourth-order valence-corrected chi connectivity index (χ4v) is 3.41. The van der Waals surface area contributed by atoms with Crippen molar-refractivity contribution in [1.82, 2.24) is 19.9 Å². The van der Waals surface area contributed by atoms with Gasteiger partial charge in [-0.05, 0) is 48.7 Å². The normalized spacial score (nSPS) is 11.5. The van der Waals surface area contributed by atoms with Crippen LogP contribution in [0.15, 0.2) is 90.3 Å². The number of alkyl halides is 3. The lowest BCUT2D eigenvalue weighted by atomic mass is 10.0. The Morgan fingerprint density at radius 2 is 1.89 bits per heavy atom. The van der Waals surface area contributed by atoms with Crippen molar-refractivity contribution in [3.05, 3.63) is 113 Å². The highest BCUT2D eigenvalue weighted by atomic mass is 19.4. The van der Waals surface area contributed by atoms with Gasteiger partial charge in [-0.25, -0.2) is 0 Å². The van der Waals surface area contributed by atoms with Crippen molar-refractivity contribution in [2.75, 3.05) is 6.54 Å². The molecule has 0 bridgehead atoms. The van der Waals surface area contributed by atoms with E-state index in [-0.39, 0.29) is 23.2 Å². The number of carbonyl (C=O) groups excluding carboxylic acids is 1. The van der Waals surface area contributed by atoms with Crippen LogP contribution in [0, 0.1) is 6.92 Å². The highest BCUT2D eigenvalue weighted by Crippen LogP contribution is 2.31. The highest BCUT2D eigenvalue weighted by molar-refractivity contribution is 5.95. The molecule has 0 aromatic carbocycles. The summed E-state index contributed by atoms with van der Waals surface area (Å²) in [4.78, 5) is 33.9. The molecule has 0 spiro atoms. The molecule has 3 heterocycles. The summed E-state index contributed by atoms with van der Waals surface area (Å²) in [5.41, 5.74) is 0.218. The lowest BCUT2D eigenvalue weighted by Crippen LogP contribution is -2.32. The van der Waals surface area contributed by atoms with Crippen molar-refractivity contribution in [1.29, 1.82) is 0 Å². The summed E-state index contributed by atoms with van der Waals surface area (Å²) >= 11 is 0. The van der Waals surface area contributed by atoms with Crippen molar-refractivity contribution >= 4 is 5.91 Å². The standard InChI is InChI=1S/C27H25F3N4O2/c1-5-17(2)8-9-18(3)14-33-26(36)22-16-34(21-7-6-11-31-15-21)19(4)24(25(22)35)20-10-12-32-23(13-20)27(28,29)30/h6-13,15-16H,2-3,5,14H2,1,4H3,(H,33,36)/b9-8-. The van der Waals surface area contributed by atoms with E-state index in [4.69, 9.17) is 0 Å². The number of amides is 1. The number of rotatable bonds is 8. The van der Waals surface area contributed by atoms with E-state index < -0.39 is 23.2 Å². The van der Waals surface area contributed by atoms with Gasteiger partial charge in [0.05, 0.1) is 11.9 Å². The number of hydrogen-bond acceptors (Lipinski definition) is 4. The minimum absolute atomic E-state index is 0.00228. The predicted octanol–water partition coefficient (Wildman–Crippen LogP) is 5.43. The maximum absolute atomic E-state index is 13.4. The zero-order valence-electron chi connectivity index (χ0n) is 19.9. The number of hydrogen-bond donors (Lipinski definition) is 1. The molecule has 0 unspecified atom stereocenters. The molecule has 1 amide bonds. The lowest BCUT2D eigenvalue weighted by molar-refractivity contribution is -0.141. The highest BCUT2D eigenvalue weighted by Gasteiger charge is 2.33. The first-order valence-corrected chi connectivity index (χ1v) is 11.0. The summed E-state index contributed by atoms with van der Waals surface area (Å²) in [6.07, 6.45) is 4.99. The largest absolute Gasteiger partial charge is 0.433 e. The van der Waals surface area contributed by atoms with E-state index in [1.807, 2.05) is 6.92 Å². The Morgan fingerprint density at radius 1 is 1.17 bits per heavy atom. The maximum Gasteiger partial charge on any atom is 0.433 e. The molecule has 3 aromatic heterocycles. The van der Waals surface area contributed by atoms with Gasteiger partial charge in [0.2, 0.25) is 5.43 Å². The summed E-state index contributed by atoms with van der Waals surface area (Å²) < 4.78 is 41.5. The molecule has 0 radical (unpaired) electrons. The molecule has 3 rings (SSSR count). The van der Waals surface area contributed by atoms with Gasteiger partial charge in [0.25, 0.3) is 5.91 Å². The van der Waals surface area contributed by atoms with Gasteiger partial charge in [-0.3, -0.25) is 19.6 Å². The molecule has 9 heteroatoms. The number of nitrogens with zero attached hydrogens (tertiary/aromatic N) is 3. The van der Waals surface area contributed by atoms with Crippen LogP contribution in [0.3, 0.4) is 0 Å². The molecule has 1 N–H and O–H groups in total. The first-order valence-electron chi connectivity index (χ1n) is 11.0. The number of carbonyl (C=O) groups is 1. The number of pyridine rings is 3. The topological polar surface area (TPSA) is 76.9 Å². The van der Waals surface area contributed by atoms with Crippen molar-refractivity contribution in [2.24, 2.45) is 0 Å². The molecule has 0 aliphatic rings. The van der Waals surface area contributed by atoms with Crippen molar-refractivity contribution < 1.29 is 18.0 Å². The summed E-state index contributed by atoms with van der Waals surface area (Å²) in [5, 5.41) is 2.65. The summed E-state index contributed by atoms with van der Waals surface area (Å²) in [6, 6.07) is 5.48. The van der Waals surface area contributed by atoms with E-state index in [0.717, 1.165) is 24.3 Å². The monoisotopic (exact) mass is 494 g/mol. The van der Waals surface area contributed by atoms with Gasteiger partial charge in [0, 0.05) is 36.4 Å². The summed E-state index contributed by atoms with van der Waals surface area (Å²) in [7, 11) is 0. The van der Waals surface area contributed by atoms with E-state index in [9.17, 15) is 22.8 Å². The predicted molar refractivity (Wildman–Crippen MR) is 133 cm³/mol. The molecule has 6 nitrogen and oxygen atoms in total. The Labute approximate surface area is 206 Å². The second-order valence-electron chi connectivity index (χ2n) is 8.03. The molecule has 36 heavy (non-hydrogen) atoms. The van der Waals surface area contributed by atoms with Crippen LogP contribution in [0.2, 0.25) is 0 Å². The SMILES string of the molecule is C=C(/C=C\C(=C)CNC(=O)c1cn(-c2cccnc2)c(C)c(-c2ccnc(C(F)(F)F)c2)c1=O)CC. The Hall–Kier alpha value is -4.27. The van der Waals surface area contributed by atoms with Crippen LogP contribution >= 0.6 is 0 Å². The van der Waals surface area contributed by atoms with E-state index in [0.29, 0.717) is 17.0 Å². The second-order valence-corrected chi connectivity index (χ2v) is 8.03. The lowest BCUT2D eigenvalue weighted by Gasteiger charge is -2.17. The van der Waals surface area contributed by atoms with Crippen molar-refractivity contribution in [3.8, 4) is 16.8 Å². The number of allylic oxidation sites excluding steroid dienone is 2. The van der Waals surface area contributed by atoms with Crippen LogP contribution < -0.4 is 10.7 Å². The summed E-state index contributed by atoms with van der Waals surface area (Å²) in [5.74, 6) is -0.687. The molecule has 0 aliphatic carbocycles. The molecule has 0 atom stereocenters. The average Bonchev–Trinajstić information content (AvgIpc) is 2.86. The molecule has 0 aliphatic heterocycles. The second kappa shape index (κ2) is 11.0. The number of halogens is 3. The minimum atomic E-state index is -4.70. The number of aromatic nitrogens is 3. The molecule has 0 fully saturated rings. The Kier molecular flexibility index (Phi) is 8.03. The van der Waals surface area contributed by atoms with Crippen LogP contribution in [-0.4, -0.2) is 27.0 Å². The first kappa shape index (κ1) is 26.3. The maximum atomic E-state index is 13.4. The van der Waals surface area contributed by atoms with Gasteiger partial charge < -0.3 is 9.88 Å². The van der Waals surface area contributed by atoms with Crippen molar-refractivity contribution in [3.63, 3.8) is 0 Å². The molecule has 0 saturated heterocycles. The van der Waals surface area contributed by atoms with Gasteiger partial charge in [-0.15, -0.1) is 0 Å². The third-order valence-electron chi connectivity index (χ3n) is 5.45. The average molecular weight is 495 g/mol. The number of nitrogens with one attached hydrogen (secondary N) is 1. The molecule has 0 saturated carbocycles. The molecular weight excluding hydrogens is 469 g/mol. The summed E-state index contributed by atoms with van der Waals surface area (Å²) in [6.45, 7) is 11.4. The van der Waals surface area contributed by atoms with Crippen molar-refractivity contribution in [2.45, 2.75) is 26.4 Å². The van der Waals surface area contributed by atoms with Gasteiger partial charge in [-0.1, -0.05) is 37.8 Å². The fourth-order valence-electron chi connectivity index (χ4n) is 3.41. The third-order valence-corrected chi connectivity index (χ3v) is 5.45. The van der Waals surface area contributed by atoms with E-state index >= 15 is 0 Å². The Bertz CT molecular complexity index is 1390. The van der Waals surface area contributed by atoms with Gasteiger partial charge in [0.15, 0.2) is 0 Å². The zero-order valence-corrected chi connectivity index (χ0v) is 19.9. The van der Waals surface area contributed by atoms with Crippen LogP contribution in [0.25, 0.3) is 16.8 Å². The van der Waals surface area contributed by atoms with Crippen LogP contribution in [0.4, 0.5) is 13.2 Å².